The summed E-state index contributed by atoms with van der Waals surface area (Å²) in [6.07, 6.45) is -12.3. The molecular weight excluding hydrogens is 408 g/mol. The second-order valence-corrected chi connectivity index (χ2v) is 8.52. The number of ketones is 1. The second kappa shape index (κ2) is 9.79. The number of Topliss-reactive ketones (excluding diaryl/α,β-unsaturated/α-hetero) is 1. The van der Waals surface area contributed by atoms with Gasteiger partial charge in [0, 0.05) is 5.41 Å². The zero-order valence-electron chi connectivity index (χ0n) is 17.1. The number of hydrogen-bond donors (Lipinski definition) is 7. The molecule has 9 atom stereocenters. The fourth-order valence-corrected chi connectivity index (χ4v) is 3.18. The number of carbonyl (C=O) groups excluding carboxylic acids is 1. The van der Waals surface area contributed by atoms with Gasteiger partial charge < -0.3 is 54.7 Å². The van der Waals surface area contributed by atoms with Crippen molar-refractivity contribution in [2.45, 2.75) is 75.6 Å². The smallest absolute Gasteiger partial charge is 0.224 e. The van der Waals surface area contributed by atoms with Crippen molar-refractivity contribution in [2.75, 3.05) is 26.4 Å². The summed E-state index contributed by atoms with van der Waals surface area (Å²) in [5, 5.41) is 69.4. The van der Waals surface area contributed by atoms with Crippen LogP contribution in [0.5, 0.6) is 0 Å². The van der Waals surface area contributed by atoms with Crippen LogP contribution in [0, 0.1) is 5.41 Å². The fourth-order valence-electron chi connectivity index (χ4n) is 3.18. The zero-order chi connectivity index (χ0) is 22.9. The zero-order valence-corrected chi connectivity index (χ0v) is 17.1. The molecular formula is C18H32O12. The summed E-state index contributed by atoms with van der Waals surface area (Å²) in [5.74, 6) is -2.58. The highest BCUT2D eigenvalue weighted by Gasteiger charge is 2.58. The topological polar surface area (TPSA) is 196 Å². The van der Waals surface area contributed by atoms with Gasteiger partial charge in [0.15, 0.2) is 12.1 Å². The van der Waals surface area contributed by atoms with E-state index in [1.54, 1.807) is 20.8 Å². The van der Waals surface area contributed by atoms with Crippen LogP contribution in [0.3, 0.4) is 0 Å². The van der Waals surface area contributed by atoms with E-state index in [0.29, 0.717) is 0 Å². The minimum atomic E-state index is -2.25. The van der Waals surface area contributed by atoms with Crippen LogP contribution in [-0.4, -0.2) is 123 Å². The second-order valence-electron chi connectivity index (χ2n) is 8.52. The largest absolute Gasteiger partial charge is 0.394 e. The third-order valence-electron chi connectivity index (χ3n) is 5.29. The summed E-state index contributed by atoms with van der Waals surface area (Å²) < 4.78 is 21.7. The van der Waals surface area contributed by atoms with Gasteiger partial charge in [-0.25, -0.2) is 0 Å². The van der Waals surface area contributed by atoms with Gasteiger partial charge in [-0.15, -0.1) is 0 Å². The van der Waals surface area contributed by atoms with Gasteiger partial charge in [0.25, 0.3) is 0 Å². The van der Waals surface area contributed by atoms with Gasteiger partial charge in [0.1, 0.15) is 55.9 Å². The lowest BCUT2D eigenvalue weighted by Gasteiger charge is -2.44. The first-order chi connectivity index (χ1) is 13.9. The van der Waals surface area contributed by atoms with E-state index in [-0.39, 0.29) is 5.78 Å². The summed E-state index contributed by atoms with van der Waals surface area (Å²) in [6.45, 7) is 2.16. The first-order valence-electron chi connectivity index (χ1n) is 9.62. The van der Waals surface area contributed by atoms with E-state index in [0.717, 1.165) is 0 Å². The molecule has 0 unspecified atom stereocenters. The van der Waals surface area contributed by atoms with Crippen molar-refractivity contribution in [3.63, 3.8) is 0 Å². The van der Waals surface area contributed by atoms with E-state index in [1.165, 1.54) is 0 Å². The molecule has 12 heteroatoms. The summed E-state index contributed by atoms with van der Waals surface area (Å²) >= 11 is 0. The average Bonchev–Trinajstić information content (AvgIpc) is 2.94. The van der Waals surface area contributed by atoms with E-state index in [2.05, 4.69) is 0 Å². The van der Waals surface area contributed by atoms with Crippen molar-refractivity contribution in [3.05, 3.63) is 0 Å². The lowest BCUT2D eigenvalue weighted by Crippen LogP contribution is -2.63. The SMILES string of the molecule is CC(C)(C)C(=O)CO[C@H]1[C@@H](O[C@]2(CO)O[C@H](CO)[C@@H](O)[C@@H]2O)O[C@H](CO)[C@@H](O)[C@@H]1O. The van der Waals surface area contributed by atoms with Crippen molar-refractivity contribution < 1.29 is 59.5 Å². The molecule has 2 aliphatic heterocycles. The highest BCUT2D eigenvalue weighted by Crippen LogP contribution is 2.36. The summed E-state index contributed by atoms with van der Waals surface area (Å²) in [5.41, 5.74) is -0.751. The Labute approximate surface area is 173 Å². The normalized spacial score (nSPS) is 42.5. The molecule has 12 nitrogen and oxygen atoms in total. The minimum Gasteiger partial charge on any atom is -0.394 e. The van der Waals surface area contributed by atoms with Crippen molar-refractivity contribution in [2.24, 2.45) is 5.41 Å². The van der Waals surface area contributed by atoms with Gasteiger partial charge >= 0.3 is 0 Å². The average molecular weight is 440 g/mol. The molecule has 2 heterocycles. The van der Waals surface area contributed by atoms with Gasteiger partial charge in [-0.3, -0.25) is 4.79 Å². The molecule has 0 aromatic heterocycles. The molecule has 2 aliphatic rings. The van der Waals surface area contributed by atoms with Crippen molar-refractivity contribution >= 4 is 5.78 Å². The predicted octanol–water partition coefficient (Wildman–Crippen LogP) is -3.76. The first kappa shape index (κ1) is 25.5. The summed E-state index contributed by atoms with van der Waals surface area (Å²) in [6, 6.07) is 0. The maximum absolute atomic E-state index is 12.2. The van der Waals surface area contributed by atoms with Crippen LogP contribution in [0.25, 0.3) is 0 Å². The van der Waals surface area contributed by atoms with Gasteiger partial charge in [-0.05, 0) is 0 Å². The Bertz CT molecular complexity index is 580. The third kappa shape index (κ3) is 5.00. The number of ether oxygens (including phenoxy) is 4. The molecule has 2 rings (SSSR count). The number of rotatable bonds is 8. The van der Waals surface area contributed by atoms with Crippen LogP contribution in [0.15, 0.2) is 0 Å². The molecule has 0 aromatic carbocycles. The Kier molecular flexibility index (Phi) is 8.32. The first-order valence-corrected chi connectivity index (χ1v) is 9.62. The standard InChI is InChI=1S/C18H32O12/c1-17(2,3)10(22)6-27-14-13(25)11(23)8(4-19)28-16(14)30-18(7-21)15(26)12(24)9(5-20)29-18/h8-9,11-16,19-21,23-26H,4-7H2,1-3H3/t8-,9-,11-,12-,13+,14-,15+,16-,18+/m1/s1. The Morgan fingerprint density at radius 3 is 2.03 bits per heavy atom. The monoisotopic (exact) mass is 440 g/mol. The van der Waals surface area contributed by atoms with Gasteiger partial charge in [-0.2, -0.15) is 0 Å². The molecule has 30 heavy (non-hydrogen) atoms. The quantitative estimate of drug-likeness (QED) is 0.195. The van der Waals surface area contributed by atoms with E-state index in [9.17, 15) is 40.5 Å². The van der Waals surface area contributed by atoms with Gasteiger partial charge in [0.2, 0.25) is 5.79 Å². The molecule has 0 bridgehead atoms. The maximum atomic E-state index is 12.2. The Hall–Kier alpha value is -0.770. The fraction of sp³-hybridized carbons (Fsp3) is 0.944. The molecule has 2 fully saturated rings. The Morgan fingerprint density at radius 2 is 1.57 bits per heavy atom. The summed E-state index contributed by atoms with van der Waals surface area (Å²) in [4.78, 5) is 12.2. The van der Waals surface area contributed by atoms with E-state index >= 15 is 0 Å². The predicted molar refractivity (Wildman–Crippen MR) is 96.8 cm³/mol. The van der Waals surface area contributed by atoms with Crippen molar-refractivity contribution in [3.8, 4) is 0 Å². The van der Waals surface area contributed by atoms with Crippen molar-refractivity contribution in [1.29, 1.82) is 0 Å². The van der Waals surface area contributed by atoms with Crippen LogP contribution in [-0.2, 0) is 23.7 Å². The molecule has 0 amide bonds. The third-order valence-corrected chi connectivity index (χ3v) is 5.29. The van der Waals surface area contributed by atoms with Crippen LogP contribution in [0.4, 0.5) is 0 Å². The molecule has 0 radical (unpaired) electrons. The number of aliphatic hydroxyl groups excluding tert-OH is 7. The number of hydrogen-bond acceptors (Lipinski definition) is 12. The van der Waals surface area contributed by atoms with Crippen LogP contribution in [0.2, 0.25) is 0 Å². The lowest BCUT2D eigenvalue weighted by molar-refractivity contribution is -0.386. The van der Waals surface area contributed by atoms with Gasteiger partial charge in [-0.1, -0.05) is 20.8 Å². The molecule has 2 saturated heterocycles. The van der Waals surface area contributed by atoms with E-state index in [4.69, 9.17) is 18.9 Å². The minimum absolute atomic E-state index is 0.322. The Morgan fingerprint density at radius 1 is 0.967 bits per heavy atom. The molecule has 7 N–H and O–H groups in total. The van der Waals surface area contributed by atoms with E-state index in [1.807, 2.05) is 0 Å². The Balaban J connectivity index is 2.26. The van der Waals surface area contributed by atoms with E-state index < -0.39 is 86.6 Å². The number of aliphatic hydroxyl groups is 7. The highest BCUT2D eigenvalue weighted by atomic mass is 16.8. The van der Waals surface area contributed by atoms with Crippen LogP contribution in [0.1, 0.15) is 20.8 Å². The lowest BCUT2D eigenvalue weighted by atomic mass is 9.91. The molecule has 0 aromatic rings. The molecule has 0 aliphatic carbocycles. The van der Waals surface area contributed by atoms with Gasteiger partial charge in [0.05, 0.1) is 13.2 Å². The van der Waals surface area contributed by atoms with Crippen LogP contribution < -0.4 is 0 Å². The molecule has 176 valence electrons. The van der Waals surface area contributed by atoms with Crippen LogP contribution >= 0.6 is 0 Å². The summed E-state index contributed by atoms with van der Waals surface area (Å²) in [7, 11) is 0. The number of carbonyl (C=O) groups is 1. The molecule has 0 saturated carbocycles. The van der Waals surface area contributed by atoms with Crippen molar-refractivity contribution in [1.82, 2.24) is 0 Å². The highest BCUT2D eigenvalue weighted by molar-refractivity contribution is 5.84. The maximum Gasteiger partial charge on any atom is 0.224 e. The molecule has 0 spiro atoms.